The molecule has 0 radical (unpaired) electrons. The average molecular weight is 201 g/mol. The molecule has 0 bridgehead atoms. The van der Waals surface area contributed by atoms with Gasteiger partial charge in [0, 0.05) is 19.6 Å². The summed E-state index contributed by atoms with van der Waals surface area (Å²) in [7, 11) is 0. The fraction of sp³-hybridized carbons (Fsp3) is 0.900. The Kier molecular flexibility index (Phi) is 3.50. The number of rotatable bonds is 5. The molecule has 1 unspecified atom stereocenters. The van der Waals surface area contributed by atoms with E-state index in [0.717, 1.165) is 13.1 Å². The Morgan fingerprint density at radius 3 is 2.57 bits per heavy atom. The number of β-amino-alcohol motifs (C(OH)–C–C–N with tert-alkyl or cyclic N) is 1. The van der Waals surface area contributed by atoms with E-state index in [9.17, 15) is 9.90 Å². The molecule has 0 aliphatic carbocycles. The first-order chi connectivity index (χ1) is 6.45. The Bertz CT molecular complexity index is 209. The first-order valence-electron chi connectivity index (χ1n) is 5.14. The molecule has 1 aliphatic rings. The lowest BCUT2D eigenvalue weighted by molar-refractivity contribution is -0.160. The van der Waals surface area contributed by atoms with Crippen LogP contribution in [0.3, 0.4) is 0 Å². The molecule has 1 atom stereocenters. The van der Waals surface area contributed by atoms with Crippen LogP contribution in [0.1, 0.15) is 26.7 Å². The fourth-order valence-electron chi connectivity index (χ4n) is 1.90. The number of nitrogens with zero attached hydrogens (tertiary/aromatic N) is 1. The molecule has 1 fully saturated rings. The molecule has 1 rings (SSSR count). The Labute approximate surface area is 84.5 Å². The lowest BCUT2D eigenvalue weighted by Crippen LogP contribution is -2.55. The first kappa shape index (κ1) is 11.5. The summed E-state index contributed by atoms with van der Waals surface area (Å²) in [5, 5.41) is 18.2. The number of hydrogen-bond acceptors (Lipinski definition) is 3. The lowest BCUT2D eigenvalue weighted by Gasteiger charge is -2.41. The predicted molar refractivity (Wildman–Crippen MR) is 53.1 cm³/mol. The van der Waals surface area contributed by atoms with Crippen LogP contribution in [-0.2, 0) is 4.79 Å². The maximum atomic E-state index is 10.6. The molecule has 0 aromatic rings. The number of carboxylic acid groups (broad SMARTS) is 1. The van der Waals surface area contributed by atoms with Gasteiger partial charge in [0.05, 0.1) is 0 Å². The number of aliphatic hydroxyl groups is 1. The second-order valence-corrected chi connectivity index (χ2v) is 4.43. The zero-order valence-corrected chi connectivity index (χ0v) is 8.86. The summed E-state index contributed by atoms with van der Waals surface area (Å²) in [6.07, 6.45) is 2.37. The van der Waals surface area contributed by atoms with E-state index in [0.29, 0.717) is 5.92 Å². The Morgan fingerprint density at radius 1 is 1.57 bits per heavy atom. The van der Waals surface area contributed by atoms with E-state index in [4.69, 9.17) is 5.11 Å². The van der Waals surface area contributed by atoms with Gasteiger partial charge in [-0.1, -0.05) is 13.3 Å². The summed E-state index contributed by atoms with van der Waals surface area (Å²) in [5.41, 5.74) is -1.60. The molecule has 0 amide bonds. The van der Waals surface area contributed by atoms with Crippen molar-refractivity contribution in [2.75, 3.05) is 19.6 Å². The molecule has 0 aromatic carbocycles. The van der Waals surface area contributed by atoms with Gasteiger partial charge in [-0.05, 0) is 19.3 Å². The van der Waals surface area contributed by atoms with Crippen molar-refractivity contribution in [2.24, 2.45) is 5.92 Å². The van der Waals surface area contributed by atoms with Gasteiger partial charge in [0.25, 0.3) is 0 Å². The normalized spacial score (nSPS) is 22.8. The summed E-state index contributed by atoms with van der Waals surface area (Å²) in [6, 6.07) is 0. The molecule has 0 aromatic heterocycles. The largest absolute Gasteiger partial charge is 0.479 e. The third kappa shape index (κ3) is 2.69. The standard InChI is InChI=1S/C10H19NO3/c1-3-4-8-5-11(6-8)7-10(2,14)9(12)13/h8,14H,3-7H2,1-2H3,(H,12,13). The van der Waals surface area contributed by atoms with Gasteiger partial charge >= 0.3 is 5.97 Å². The average Bonchev–Trinajstić information content (AvgIpc) is 2.00. The fourth-order valence-corrected chi connectivity index (χ4v) is 1.90. The van der Waals surface area contributed by atoms with E-state index in [1.54, 1.807) is 0 Å². The number of likely N-dealkylation sites (tertiary alicyclic amines) is 1. The van der Waals surface area contributed by atoms with Gasteiger partial charge in [-0.15, -0.1) is 0 Å². The van der Waals surface area contributed by atoms with Crippen LogP contribution in [0.25, 0.3) is 0 Å². The molecule has 14 heavy (non-hydrogen) atoms. The second kappa shape index (κ2) is 4.28. The Morgan fingerprint density at radius 2 is 2.14 bits per heavy atom. The molecular weight excluding hydrogens is 182 g/mol. The zero-order valence-electron chi connectivity index (χ0n) is 8.86. The van der Waals surface area contributed by atoms with Gasteiger partial charge in [0.1, 0.15) is 0 Å². The second-order valence-electron chi connectivity index (χ2n) is 4.43. The van der Waals surface area contributed by atoms with Gasteiger partial charge in [-0.25, -0.2) is 4.79 Å². The summed E-state index contributed by atoms with van der Waals surface area (Å²) in [4.78, 5) is 12.6. The topological polar surface area (TPSA) is 60.8 Å². The summed E-state index contributed by atoms with van der Waals surface area (Å²) in [5.74, 6) is -0.443. The Balaban J connectivity index is 2.25. The zero-order chi connectivity index (χ0) is 10.8. The van der Waals surface area contributed by atoms with Crippen molar-refractivity contribution in [3.8, 4) is 0 Å². The maximum absolute atomic E-state index is 10.6. The van der Waals surface area contributed by atoms with E-state index in [1.807, 2.05) is 4.90 Å². The monoisotopic (exact) mass is 201 g/mol. The molecule has 0 spiro atoms. The van der Waals surface area contributed by atoms with Gasteiger partial charge in [0.2, 0.25) is 0 Å². The molecule has 4 heteroatoms. The smallest absolute Gasteiger partial charge is 0.336 e. The summed E-state index contributed by atoms with van der Waals surface area (Å²) >= 11 is 0. The van der Waals surface area contributed by atoms with Crippen molar-refractivity contribution in [3.63, 3.8) is 0 Å². The molecule has 1 aliphatic heterocycles. The molecule has 2 N–H and O–H groups in total. The molecular formula is C10H19NO3. The minimum absolute atomic E-state index is 0.239. The number of hydrogen-bond donors (Lipinski definition) is 2. The third-order valence-corrected chi connectivity index (χ3v) is 2.72. The van der Waals surface area contributed by atoms with Crippen LogP contribution in [0.4, 0.5) is 0 Å². The van der Waals surface area contributed by atoms with Crippen LogP contribution in [0.15, 0.2) is 0 Å². The minimum atomic E-state index is -1.60. The van der Waals surface area contributed by atoms with Gasteiger partial charge in [0.15, 0.2) is 5.60 Å². The van der Waals surface area contributed by atoms with E-state index in [1.165, 1.54) is 19.8 Å². The number of carbonyl (C=O) groups is 1. The van der Waals surface area contributed by atoms with Crippen molar-refractivity contribution in [1.29, 1.82) is 0 Å². The SMILES string of the molecule is CCCC1CN(CC(C)(O)C(=O)O)C1. The van der Waals surface area contributed by atoms with E-state index in [2.05, 4.69) is 6.92 Å². The predicted octanol–water partition coefficient (Wildman–Crippen LogP) is 0.554. The summed E-state index contributed by atoms with van der Waals surface area (Å²) in [6.45, 7) is 5.59. The van der Waals surface area contributed by atoms with Gasteiger partial charge in [-0.2, -0.15) is 0 Å². The van der Waals surface area contributed by atoms with Crippen LogP contribution in [0, 0.1) is 5.92 Å². The van der Waals surface area contributed by atoms with Crippen LogP contribution in [0.5, 0.6) is 0 Å². The van der Waals surface area contributed by atoms with Crippen LogP contribution in [0.2, 0.25) is 0 Å². The van der Waals surface area contributed by atoms with Crippen molar-refractivity contribution in [1.82, 2.24) is 4.90 Å². The van der Waals surface area contributed by atoms with Crippen molar-refractivity contribution < 1.29 is 15.0 Å². The lowest BCUT2D eigenvalue weighted by atomic mass is 9.93. The van der Waals surface area contributed by atoms with Crippen molar-refractivity contribution >= 4 is 5.97 Å². The highest BCUT2D eigenvalue weighted by Gasteiger charge is 2.36. The number of carboxylic acids is 1. The van der Waals surface area contributed by atoms with E-state index >= 15 is 0 Å². The molecule has 4 nitrogen and oxygen atoms in total. The van der Waals surface area contributed by atoms with Crippen LogP contribution < -0.4 is 0 Å². The van der Waals surface area contributed by atoms with Crippen molar-refractivity contribution in [2.45, 2.75) is 32.3 Å². The van der Waals surface area contributed by atoms with Gasteiger partial charge in [-0.3, -0.25) is 4.90 Å². The minimum Gasteiger partial charge on any atom is -0.479 e. The highest BCUT2D eigenvalue weighted by molar-refractivity contribution is 5.76. The highest BCUT2D eigenvalue weighted by Crippen LogP contribution is 2.22. The molecule has 82 valence electrons. The summed E-state index contributed by atoms with van der Waals surface area (Å²) < 4.78 is 0. The maximum Gasteiger partial charge on any atom is 0.336 e. The van der Waals surface area contributed by atoms with Crippen molar-refractivity contribution in [3.05, 3.63) is 0 Å². The quantitative estimate of drug-likeness (QED) is 0.682. The van der Waals surface area contributed by atoms with E-state index in [-0.39, 0.29) is 6.54 Å². The molecule has 1 heterocycles. The number of aliphatic carboxylic acids is 1. The highest BCUT2D eigenvalue weighted by atomic mass is 16.4. The first-order valence-corrected chi connectivity index (χ1v) is 5.14. The Hall–Kier alpha value is -0.610. The van der Waals surface area contributed by atoms with Crippen LogP contribution >= 0.6 is 0 Å². The van der Waals surface area contributed by atoms with E-state index < -0.39 is 11.6 Å². The third-order valence-electron chi connectivity index (χ3n) is 2.72. The molecule has 0 saturated carbocycles. The van der Waals surface area contributed by atoms with Gasteiger partial charge < -0.3 is 10.2 Å². The molecule has 1 saturated heterocycles. The van der Waals surface area contributed by atoms with Crippen LogP contribution in [-0.4, -0.2) is 46.3 Å².